The predicted octanol–water partition coefficient (Wildman–Crippen LogP) is 0.990. The van der Waals surface area contributed by atoms with E-state index in [0.29, 0.717) is 23.1 Å². The largest absolute Gasteiger partial charge is 0.478 e. The Kier molecular flexibility index (Phi) is 6.01. The lowest BCUT2D eigenvalue weighted by Crippen LogP contribution is -2.40. The minimum atomic E-state index is -0.962. The standard InChI is InChI=1S/C26H24N8O6/c1-12-14-6-7-17(16(14)5-4-15(12)24(37)38)28-23(36)20-10-18(29-25-30-31-32-34(20)25)22(35)27-11-13-3-8-21-19(9-13)33(2)26(39)40-21/h3-5,8-10,14,16-17H,6-7,11H2,1-2H3,(H,27,35)(H,28,36)(H,37,38)/t14?,16?,17-/m0/s1. The summed E-state index contributed by atoms with van der Waals surface area (Å²) in [4.78, 5) is 53.9. The molecule has 3 heterocycles. The Hall–Kier alpha value is -5.14. The minimum Gasteiger partial charge on any atom is -0.478 e. The van der Waals surface area contributed by atoms with Crippen LogP contribution in [0.3, 0.4) is 0 Å². The summed E-state index contributed by atoms with van der Waals surface area (Å²) < 4.78 is 7.67. The molecule has 1 aromatic carbocycles. The van der Waals surface area contributed by atoms with E-state index in [1.807, 2.05) is 13.0 Å². The van der Waals surface area contributed by atoms with E-state index in [4.69, 9.17) is 4.42 Å². The van der Waals surface area contributed by atoms with Crippen molar-refractivity contribution in [3.63, 3.8) is 0 Å². The molecule has 0 bridgehead atoms. The monoisotopic (exact) mass is 544 g/mol. The smallest absolute Gasteiger partial charge is 0.419 e. The molecule has 3 atom stereocenters. The van der Waals surface area contributed by atoms with Crippen molar-refractivity contribution in [2.45, 2.75) is 32.4 Å². The van der Waals surface area contributed by atoms with Crippen LogP contribution in [0.1, 0.15) is 46.3 Å². The number of carbonyl (C=O) groups excluding carboxylic acids is 2. The van der Waals surface area contributed by atoms with Crippen LogP contribution in [0.4, 0.5) is 0 Å². The van der Waals surface area contributed by atoms with Crippen molar-refractivity contribution in [1.82, 2.24) is 40.2 Å². The molecule has 0 saturated heterocycles. The van der Waals surface area contributed by atoms with Gasteiger partial charge >= 0.3 is 11.7 Å². The Morgan fingerprint density at radius 1 is 1.18 bits per heavy atom. The number of carboxylic acid groups (broad SMARTS) is 1. The number of benzene rings is 1. The van der Waals surface area contributed by atoms with E-state index in [1.165, 1.54) is 10.6 Å². The van der Waals surface area contributed by atoms with Gasteiger partial charge in [0.25, 0.3) is 17.6 Å². The summed E-state index contributed by atoms with van der Waals surface area (Å²) in [5.41, 5.74) is 2.85. The molecule has 0 spiro atoms. The molecule has 3 aromatic heterocycles. The summed E-state index contributed by atoms with van der Waals surface area (Å²) >= 11 is 0. The average molecular weight is 545 g/mol. The zero-order valence-corrected chi connectivity index (χ0v) is 21.5. The van der Waals surface area contributed by atoms with Gasteiger partial charge in [-0.3, -0.25) is 14.2 Å². The second-order valence-electron chi connectivity index (χ2n) is 9.93. The van der Waals surface area contributed by atoms with Gasteiger partial charge in [-0.2, -0.15) is 4.52 Å². The number of aromatic nitrogens is 6. The second kappa shape index (κ2) is 9.55. The molecule has 2 unspecified atom stereocenters. The van der Waals surface area contributed by atoms with Crippen molar-refractivity contribution >= 4 is 34.7 Å². The minimum absolute atomic E-state index is 0.0145. The van der Waals surface area contributed by atoms with Crippen LogP contribution in [0.5, 0.6) is 0 Å². The molecule has 3 N–H and O–H groups in total. The molecule has 2 aliphatic carbocycles. The molecule has 204 valence electrons. The fraction of sp³-hybridized carbons (Fsp3) is 0.308. The van der Waals surface area contributed by atoms with Gasteiger partial charge in [-0.1, -0.05) is 28.9 Å². The fourth-order valence-electron chi connectivity index (χ4n) is 5.56. The summed E-state index contributed by atoms with van der Waals surface area (Å²) in [7, 11) is 1.59. The number of carbonyl (C=O) groups is 3. The van der Waals surface area contributed by atoms with Crippen LogP contribution in [0.15, 0.2) is 56.8 Å². The summed E-state index contributed by atoms with van der Waals surface area (Å²) in [6.07, 6.45) is 4.85. The molecule has 1 saturated carbocycles. The number of allylic oxidation sites excluding steroid dienone is 1. The predicted molar refractivity (Wildman–Crippen MR) is 138 cm³/mol. The Labute approximate surface area is 225 Å². The van der Waals surface area contributed by atoms with Crippen LogP contribution in [0, 0.1) is 11.8 Å². The van der Waals surface area contributed by atoms with Crippen LogP contribution in [0.25, 0.3) is 16.9 Å². The van der Waals surface area contributed by atoms with Crippen molar-refractivity contribution in [1.29, 1.82) is 0 Å². The van der Waals surface area contributed by atoms with Crippen LogP contribution in [0.2, 0.25) is 0 Å². The van der Waals surface area contributed by atoms with Crippen molar-refractivity contribution < 1.29 is 23.9 Å². The molecular formula is C26H24N8O6. The fourth-order valence-corrected chi connectivity index (χ4v) is 5.56. The third-order valence-corrected chi connectivity index (χ3v) is 7.68. The van der Waals surface area contributed by atoms with E-state index in [-0.39, 0.29) is 41.6 Å². The number of oxazole rings is 1. The number of fused-ring (bicyclic) bond motifs is 3. The average Bonchev–Trinajstić information content (AvgIpc) is 3.65. The van der Waals surface area contributed by atoms with Gasteiger partial charge < -0.3 is 20.2 Å². The number of carboxylic acids is 1. The van der Waals surface area contributed by atoms with Crippen LogP contribution < -0.4 is 16.4 Å². The first kappa shape index (κ1) is 25.2. The topological polar surface area (TPSA) is 187 Å². The number of aryl methyl sites for hydroxylation is 1. The quantitative estimate of drug-likeness (QED) is 0.316. The molecule has 40 heavy (non-hydrogen) atoms. The molecule has 0 aliphatic heterocycles. The van der Waals surface area contributed by atoms with Crippen molar-refractivity contribution in [2.75, 3.05) is 0 Å². The maximum absolute atomic E-state index is 13.4. The van der Waals surface area contributed by atoms with Crippen LogP contribution in [-0.2, 0) is 18.4 Å². The van der Waals surface area contributed by atoms with E-state index in [0.717, 1.165) is 22.1 Å². The van der Waals surface area contributed by atoms with Gasteiger partial charge in [0, 0.05) is 31.6 Å². The molecular weight excluding hydrogens is 520 g/mol. The van der Waals surface area contributed by atoms with Gasteiger partial charge in [-0.05, 0) is 53.8 Å². The number of aliphatic carboxylic acids is 1. The highest BCUT2D eigenvalue weighted by Gasteiger charge is 2.39. The lowest BCUT2D eigenvalue weighted by Gasteiger charge is -2.27. The summed E-state index contributed by atoms with van der Waals surface area (Å²) in [5.74, 6) is -2.50. The highest BCUT2D eigenvalue weighted by atomic mass is 16.4. The van der Waals surface area contributed by atoms with Crippen molar-refractivity contribution in [3.05, 3.63) is 75.1 Å². The van der Waals surface area contributed by atoms with E-state index in [2.05, 4.69) is 31.1 Å². The maximum Gasteiger partial charge on any atom is 0.419 e. The van der Waals surface area contributed by atoms with Gasteiger partial charge in [0.2, 0.25) is 0 Å². The lowest BCUT2D eigenvalue weighted by atomic mass is 9.81. The number of nitrogens with one attached hydrogen (secondary N) is 2. The Bertz CT molecular complexity index is 1830. The molecule has 14 nitrogen and oxygen atoms in total. The molecule has 4 aromatic rings. The van der Waals surface area contributed by atoms with Crippen LogP contribution >= 0.6 is 0 Å². The molecule has 1 fully saturated rings. The van der Waals surface area contributed by atoms with E-state index in [9.17, 15) is 24.3 Å². The Morgan fingerprint density at radius 3 is 2.80 bits per heavy atom. The van der Waals surface area contributed by atoms with Crippen molar-refractivity contribution in [3.8, 4) is 0 Å². The van der Waals surface area contributed by atoms with Gasteiger partial charge in [0.15, 0.2) is 5.58 Å². The molecule has 6 rings (SSSR count). The number of hydrogen-bond donors (Lipinski definition) is 3. The molecule has 14 heteroatoms. The maximum atomic E-state index is 13.4. The normalized spacial score (nSPS) is 20.2. The van der Waals surface area contributed by atoms with E-state index in [1.54, 1.807) is 31.3 Å². The lowest BCUT2D eigenvalue weighted by molar-refractivity contribution is -0.132. The van der Waals surface area contributed by atoms with Gasteiger partial charge in [-0.25, -0.2) is 14.6 Å². The molecule has 2 aliphatic rings. The zero-order valence-electron chi connectivity index (χ0n) is 21.5. The van der Waals surface area contributed by atoms with Crippen LogP contribution in [-0.4, -0.2) is 58.5 Å². The van der Waals surface area contributed by atoms with Crippen molar-refractivity contribution in [2.24, 2.45) is 18.9 Å². The molecule has 0 radical (unpaired) electrons. The molecule has 2 amide bonds. The number of rotatable bonds is 6. The third kappa shape index (κ3) is 4.22. The van der Waals surface area contributed by atoms with E-state index >= 15 is 0 Å². The number of nitrogens with zero attached hydrogens (tertiary/aromatic N) is 6. The first-order chi connectivity index (χ1) is 19.2. The summed E-state index contributed by atoms with van der Waals surface area (Å²) in [6, 6.07) is 6.22. The summed E-state index contributed by atoms with van der Waals surface area (Å²) in [6.45, 7) is 1.96. The third-order valence-electron chi connectivity index (χ3n) is 7.68. The Morgan fingerprint density at radius 2 is 2.00 bits per heavy atom. The summed E-state index contributed by atoms with van der Waals surface area (Å²) in [5, 5.41) is 26.5. The van der Waals surface area contributed by atoms with E-state index < -0.39 is 23.5 Å². The number of hydrogen-bond acceptors (Lipinski definition) is 9. The van der Waals surface area contributed by atoms with Gasteiger partial charge in [0.05, 0.1) is 11.1 Å². The number of amides is 2. The second-order valence-corrected chi connectivity index (χ2v) is 9.93. The van der Waals surface area contributed by atoms with Gasteiger partial charge in [-0.15, -0.1) is 0 Å². The first-order valence-electron chi connectivity index (χ1n) is 12.6. The zero-order chi connectivity index (χ0) is 28.1. The highest BCUT2D eigenvalue weighted by molar-refractivity contribution is 5.98. The van der Waals surface area contributed by atoms with Gasteiger partial charge in [0.1, 0.15) is 11.4 Å². The first-order valence-corrected chi connectivity index (χ1v) is 12.6. The highest BCUT2D eigenvalue weighted by Crippen LogP contribution is 2.42. The number of tetrazole rings is 1. The SMILES string of the molecule is CC1=C(C(=O)O)C=CC2C1CC[C@@H]2NC(=O)c1cc(C(=O)NCc2ccc3oc(=O)n(C)c3c2)nc2nnnn12. The Balaban J connectivity index is 1.20.